The molecule has 1 heterocycles. The highest BCUT2D eigenvalue weighted by Crippen LogP contribution is 2.43. The van der Waals surface area contributed by atoms with Crippen molar-refractivity contribution >= 4 is 5.97 Å². The van der Waals surface area contributed by atoms with E-state index >= 15 is 0 Å². The van der Waals surface area contributed by atoms with Crippen LogP contribution < -0.4 is 4.74 Å². The number of hydrogen-bond acceptors (Lipinski definition) is 5. The number of para-hydroxylation sites is 1. The molecule has 1 aromatic carbocycles. The molecule has 28 heavy (non-hydrogen) atoms. The average Bonchev–Trinajstić information content (AvgIpc) is 2.99. The Morgan fingerprint density at radius 3 is 2.82 bits per heavy atom. The summed E-state index contributed by atoms with van der Waals surface area (Å²) in [4.78, 5) is 10.7. The van der Waals surface area contributed by atoms with Gasteiger partial charge in [-0.25, -0.2) is 0 Å². The third-order valence-corrected chi connectivity index (χ3v) is 5.72. The molecular formula is C22H30O6. The van der Waals surface area contributed by atoms with Gasteiger partial charge in [0, 0.05) is 18.8 Å². The smallest absolute Gasteiger partial charge is 0.303 e. The molecule has 1 aliphatic heterocycles. The third kappa shape index (κ3) is 5.80. The molecule has 0 bridgehead atoms. The van der Waals surface area contributed by atoms with Crippen molar-refractivity contribution in [1.29, 1.82) is 0 Å². The van der Waals surface area contributed by atoms with E-state index in [2.05, 4.69) is 0 Å². The topological polar surface area (TPSA) is 96.2 Å². The van der Waals surface area contributed by atoms with Crippen molar-refractivity contribution in [1.82, 2.24) is 0 Å². The number of benzene rings is 1. The van der Waals surface area contributed by atoms with Crippen LogP contribution in [0.15, 0.2) is 42.5 Å². The molecule has 2 aliphatic rings. The van der Waals surface area contributed by atoms with Crippen LogP contribution in [0.2, 0.25) is 0 Å². The molecule has 2 fully saturated rings. The third-order valence-electron chi connectivity index (χ3n) is 5.72. The van der Waals surface area contributed by atoms with Crippen molar-refractivity contribution in [3.05, 3.63) is 42.5 Å². The molecule has 1 aromatic rings. The summed E-state index contributed by atoms with van der Waals surface area (Å²) >= 11 is 0. The molecule has 154 valence electrons. The monoisotopic (exact) mass is 390 g/mol. The van der Waals surface area contributed by atoms with Gasteiger partial charge in [-0.3, -0.25) is 4.79 Å². The molecule has 3 rings (SSSR count). The Morgan fingerprint density at radius 2 is 2.07 bits per heavy atom. The SMILES string of the molecule is O=C(O)CCC[C@H]1CCC2[C@H](C[C@@H](O)[C@@H]2/C=C/[C@@H](O)COc2ccccc2)O1. The van der Waals surface area contributed by atoms with Crippen molar-refractivity contribution in [3.8, 4) is 5.75 Å². The van der Waals surface area contributed by atoms with Crippen LogP contribution in [0.1, 0.15) is 38.5 Å². The number of rotatable bonds is 9. The van der Waals surface area contributed by atoms with Crippen LogP contribution in [0.5, 0.6) is 5.75 Å². The maximum atomic E-state index is 10.7. The molecule has 0 aromatic heterocycles. The van der Waals surface area contributed by atoms with Crippen molar-refractivity contribution < 1.29 is 29.6 Å². The number of carbonyl (C=O) groups is 1. The molecule has 1 saturated heterocycles. The van der Waals surface area contributed by atoms with Crippen molar-refractivity contribution in [3.63, 3.8) is 0 Å². The van der Waals surface area contributed by atoms with Crippen molar-refractivity contribution in [2.45, 2.75) is 62.9 Å². The first kappa shape index (κ1) is 20.8. The standard InChI is InChI=1S/C22H30O6/c23-15(14-27-16-5-2-1-3-6-16)9-11-18-19-12-10-17(7-4-8-22(25)26)28-21(19)13-20(18)24/h1-3,5-6,9,11,15,17-21,23-24H,4,7-8,10,12-14H2,(H,25,26)/b11-9+/t15-,17+,18-,19?,20-,21+/m1/s1. The van der Waals surface area contributed by atoms with Gasteiger partial charge >= 0.3 is 5.97 Å². The van der Waals surface area contributed by atoms with Crippen molar-refractivity contribution in [2.24, 2.45) is 11.8 Å². The lowest BCUT2D eigenvalue weighted by molar-refractivity contribution is -0.137. The predicted octanol–water partition coefficient (Wildman–Crippen LogP) is 2.78. The molecule has 3 N–H and O–H groups in total. The summed E-state index contributed by atoms with van der Waals surface area (Å²) in [5, 5.41) is 29.4. The molecule has 1 saturated carbocycles. The zero-order chi connectivity index (χ0) is 19.9. The van der Waals surface area contributed by atoms with Crippen LogP contribution in [-0.4, -0.2) is 52.3 Å². The Bertz CT molecular complexity index is 646. The van der Waals surface area contributed by atoms with E-state index in [4.69, 9.17) is 14.6 Å². The summed E-state index contributed by atoms with van der Waals surface area (Å²) in [5.74, 6) is 0.149. The maximum Gasteiger partial charge on any atom is 0.303 e. The zero-order valence-corrected chi connectivity index (χ0v) is 16.0. The van der Waals surface area contributed by atoms with Gasteiger partial charge in [0.25, 0.3) is 0 Å². The first-order chi connectivity index (χ1) is 13.5. The molecule has 0 radical (unpaired) electrons. The number of fused-ring (bicyclic) bond motifs is 1. The van der Waals surface area contributed by atoms with Gasteiger partial charge in [-0.2, -0.15) is 0 Å². The molecule has 1 aliphatic carbocycles. The number of ether oxygens (including phenoxy) is 2. The van der Waals surface area contributed by atoms with E-state index in [1.54, 1.807) is 6.08 Å². The van der Waals surface area contributed by atoms with E-state index in [0.717, 1.165) is 19.3 Å². The number of aliphatic carboxylic acids is 1. The Morgan fingerprint density at radius 1 is 1.29 bits per heavy atom. The highest BCUT2D eigenvalue weighted by Gasteiger charge is 2.45. The van der Waals surface area contributed by atoms with Gasteiger partial charge in [-0.05, 0) is 43.7 Å². The number of hydrogen-bond donors (Lipinski definition) is 3. The lowest BCUT2D eigenvalue weighted by Gasteiger charge is -2.34. The largest absolute Gasteiger partial charge is 0.491 e. The Balaban J connectivity index is 1.46. The Hall–Kier alpha value is -1.89. The molecule has 1 unspecified atom stereocenters. The van der Waals surface area contributed by atoms with Gasteiger partial charge in [0.2, 0.25) is 0 Å². The van der Waals surface area contributed by atoms with Crippen LogP contribution >= 0.6 is 0 Å². The molecule has 6 nitrogen and oxygen atoms in total. The van der Waals surface area contributed by atoms with Crippen LogP contribution in [0, 0.1) is 11.8 Å². The average molecular weight is 390 g/mol. The highest BCUT2D eigenvalue weighted by molar-refractivity contribution is 5.66. The quantitative estimate of drug-likeness (QED) is 0.561. The Labute approximate surface area is 165 Å². The van der Waals surface area contributed by atoms with Gasteiger partial charge in [0.15, 0.2) is 0 Å². The van der Waals surface area contributed by atoms with Crippen molar-refractivity contribution in [2.75, 3.05) is 6.61 Å². The van der Waals surface area contributed by atoms with Crippen LogP contribution in [-0.2, 0) is 9.53 Å². The maximum absolute atomic E-state index is 10.7. The van der Waals surface area contributed by atoms with Crippen LogP contribution in [0.3, 0.4) is 0 Å². The first-order valence-electron chi connectivity index (χ1n) is 10.1. The summed E-state index contributed by atoms with van der Waals surface area (Å²) in [6.45, 7) is 0.166. The molecule has 6 heteroatoms. The second-order valence-electron chi connectivity index (χ2n) is 7.78. The lowest BCUT2D eigenvalue weighted by Crippen LogP contribution is -2.33. The second-order valence-corrected chi connectivity index (χ2v) is 7.78. The molecular weight excluding hydrogens is 360 g/mol. The van der Waals surface area contributed by atoms with E-state index in [0.29, 0.717) is 18.6 Å². The van der Waals surface area contributed by atoms with Gasteiger partial charge in [0.05, 0.1) is 18.3 Å². The summed E-state index contributed by atoms with van der Waals surface area (Å²) in [7, 11) is 0. The summed E-state index contributed by atoms with van der Waals surface area (Å²) in [6, 6.07) is 9.35. The van der Waals surface area contributed by atoms with E-state index in [1.165, 1.54) is 0 Å². The predicted molar refractivity (Wildman–Crippen MR) is 104 cm³/mol. The van der Waals surface area contributed by atoms with Gasteiger partial charge < -0.3 is 24.8 Å². The molecule has 0 spiro atoms. The summed E-state index contributed by atoms with van der Waals surface area (Å²) < 4.78 is 11.7. The second kappa shape index (κ2) is 10.0. The minimum atomic E-state index is -0.773. The lowest BCUT2D eigenvalue weighted by atomic mass is 9.85. The van der Waals surface area contributed by atoms with Gasteiger partial charge in [-0.1, -0.05) is 30.4 Å². The number of carboxylic acid groups (broad SMARTS) is 1. The highest BCUT2D eigenvalue weighted by atomic mass is 16.5. The van der Waals surface area contributed by atoms with E-state index in [1.807, 2.05) is 36.4 Å². The van der Waals surface area contributed by atoms with E-state index in [9.17, 15) is 15.0 Å². The van der Waals surface area contributed by atoms with Crippen LogP contribution in [0.4, 0.5) is 0 Å². The minimum Gasteiger partial charge on any atom is -0.491 e. The van der Waals surface area contributed by atoms with E-state index < -0.39 is 18.2 Å². The fourth-order valence-corrected chi connectivity index (χ4v) is 4.31. The van der Waals surface area contributed by atoms with E-state index in [-0.39, 0.29) is 37.1 Å². The number of carboxylic acids is 1. The number of aliphatic hydroxyl groups excluding tert-OH is 2. The first-order valence-corrected chi connectivity index (χ1v) is 10.1. The normalized spacial score (nSPS) is 30.9. The zero-order valence-electron chi connectivity index (χ0n) is 16.0. The van der Waals surface area contributed by atoms with Crippen LogP contribution in [0.25, 0.3) is 0 Å². The Kier molecular flexibility index (Phi) is 7.48. The molecule has 0 amide bonds. The van der Waals surface area contributed by atoms with Gasteiger partial charge in [0.1, 0.15) is 18.5 Å². The fourth-order valence-electron chi connectivity index (χ4n) is 4.31. The summed E-state index contributed by atoms with van der Waals surface area (Å²) in [6.07, 6.45) is 6.45. The molecule has 6 atom stereocenters. The fraction of sp³-hybridized carbons (Fsp3) is 0.591. The summed E-state index contributed by atoms with van der Waals surface area (Å²) in [5.41, 5.74) is 0. The van der Waals surface area contributed by atoms with Gasteiger partial charge in [-0.15, -0.1) is 0 Å². The minimum absolute atomic E-state index is 0.00550. The number of aliphatic hydroxyl groups is 2.